The van der Waals surface area contributed by atoms with Crippen molar-refractivity contribution in [3.05, 3.63) is 29.8 Å². The molecule has 1 amide bonds. The Morgan fingerprint density at radius 3 is 2.35 bits per heavy atom. The molecule has 23 heavy (non-hydrogen) atoms. The van der Waals surface area contributed by atoms with E-state index in [1.807, 2.05) is 24.3 Å². The number of hydrogen-bond donors (Lipinski definition) is 1. The minimum Gasteiger partial charge on any atom is -0.311 e. The number of likely N-dealkylation sites (tertiary alicyclic amines) is 1. The molecule has 2 aliphatic heterocycles. The van der Waals surface area contributed by atoms with Crippen molar-refractivity contribution in [3.8, 4) is 0 Å². The molecule has 0 saturated carbocycles. The van der Waals surface area contributed by atoms with E-state index in [1.165, 1.54) is 36.4 Å². The highest BCUT2D eigenvalue weighted by Gasteiger charge is 2.37. The number of anilines is 1. The normalized spacial score (nSPS) is 22.9. The molecule has 2 N–H and O–H groups in total. The molecule has 1 unspecified atom stereocenters. The average molecular weight is 337 g/mol. The van der Waals surface area contributed by atoms with Crippen LogP contribution < -0.4 is 10.0 Å². The Kier molecular flexibility index (Phi) is 4.70. The summed E-state index contributed by atoms with van der Waals surface area (Å²) in [6.45, 7) is 3.59. The topological polar surface area (TPSA) is 83.7 Å². The van der Waals surface area contributed by atoms with E-state index in [-0.39, 0.29) is 18.9 Å². The maximum atomic E-state index is 12.0. The summed E-state index contributed by atoms with van der Waals surface area (Å²) in [5.41, 5.74) is 1.97. The number of nitrogens with two attached hydrogens (primary N) is 1. The zero-order chi connectivity index (χ0) is 16.4. The first-order valence-corrected chi connectivity index (χ1v) is 9.68. The van der Waals surface area contributed by atoms with Gasteiger partial charge in [0.2, 0.25) is 15.9 Å². The van der Waals surface area contributed by atoms with Crippen molar-refractivity contribution in [2.45, 2.75) is 30.9 Å². The summed E-state index contributed by atoms with van der Waals surface area (Å²) in [4.78, 5) is 16.0. The van der Waals surface area contributed by atoms with Crippen molar-refractivity contribution in [1.29, 1.82) is 0 Å². The second kappa shape index (κ2) is 6.59. The van der Waals surface area contributed by atoms with E-state index >= 15 is 0 Å². The molecule has 2 aliphatic rings. The molecule has 0 spiro atoms. The van der Waals surface area contributed by atoms with Gasteiger partial charge in [-0.05, 0) is 50.0 Å². The Hall–Kier alpha value is -1.44. The molecule has 6 nitrogen and oxygen atoms in total. The summed E-state index contributed by atoms with van der Waals surface area (Å²) >= 11 is 0. The standard InChI is InChI=1S/C16H23N3O3S/c17-23(21,22)15-11-16(20)19(12-15)14-5-3-13(4-6-14)7-10-18-8-1-2-9-18/h3-6,15H,1-2,7-12H2,(H2,17,21,22). The highest BCUT2D eigenvalue weighted by atomic mass is 32.2. The van der Waals surface area contributed by atoms with E-state index in [1.54, 1.807) is 0 Å². The predicted molar refractivity (Wildman–Crippen MR) is 89.7 cm³/mol. The molecule has 126 valence electrons. The van der Waals surface area contributed by atoms with E-state index in [0.29, 0.717) is 0 Å². The van der Waals surface area contributed by atoms with Gasteiger partial charge in [-0.25, -0.2) is 13.6 Å². The Bertz CT molecular complexity index is 666. The number of sulfonamides is 1. The summed E-state index contributed by atoms with van der Waals surface area (Å²) in [5.74, 6) is -0.186. The van der Waals surface area contributed by atoms with E-state index in [9.17, 15) is 13.2 Å². The molecule has 2 fully saturated rings. The van der Waals surface area contributed by atoms with Gasteiger partial charge in [0.15, 0.2) is 0 Å². The minimum atomic E-state index is -3.67. The highest BCUT2D eigenvalue weighted by Crippen LogP contribution is 2.24. The van der Waals surface area contributed by atoms with E-state index in [4.69, 9.17) is 5.14 Å². The molecule has 0 radical (unpaired) electrons. The van der Waals surface area contributed by atoms with E-state index in [0.717, 1.165) is 18.7 Å². The van der Waals surface area contributed by atoms with Gasteiger partial charge in [-0.2, -0.15) is 0 Å². The largest absolute Gasteiger partial charge is 0.311 e. The number of hydrogen-bond acceptors (Lipinski definition) is 4. The smallest absolute Gasteiger partial charge is 0.228 e. The van der Waals surface area contributed by atoms with Crippen molar-refractivity contribution in [2.75, 3.05) is 31.1 Å². The lowest BCUT2D eigenvalue weighted by Gasteiger charge is -2.17. The lowest BCUT2D eigenvalue weighted by Crippen LogP contribution is -2.32. The van der Waals surface area contributed by atoms with Crippen LogP contribution in [0.25, 0.3) is 0 Å². The summed E-state index contributed by atoms with van der Waals surface area (Å²) < 4.78 is 22.8. The van der Waals surface area contributed by atoms with Crippen LogP contribution in [0.2, 0.25) is 0 Å². The first-order chi connectivity index (χ1) is 10.9. The average Bonchev–Trinajstić information content (AvgIpc) is 3.14. The van der Waals surface area contributed by atoms with Gasteiger partial charge in [-0.15, -0.1) is 0 Å². The van der Waals surface area contributed by atoms with E-state index in [2.05, 4.69) is 4.90 Å². The minimum absolute atomic E-state index is 0.0322. The maximum absolute atomic E-state index is 12.0. The fourth-order valence-electron chi connectivity index (χ4n) is 3.28. The third kappa shape index (κ3) is 3.91. The number of primary sulfonamides is 1. The van der Waals surface area contributed by atoms with Crippen molar-refractivity contribution in [3.63, 3.8) is 0 Å². The molecule has 2 saturated heterocycles. The van der Waals surface area contributed by atoms with Crippen LogP contribution in [0.15, 0.2) is 24.3 Å². The lowest BCUT2D eigenvalue weighted by molar-refractivity contribution is -0.117. The highest BCUT2D eigenvalue weighted by molar-refractivity contribution is 7.89. The molecule has 0 aromatic heterocycles. The van der Waals surface area contributed by atoms with Crippen LogP contribution in [-0.2, 0) is 21.2 Å². The third-order valence-corrected chi connectivity index (χ3v) is 5.96. The Balaban J connectivity index is 1.61. The summed E-state index contributed by atoms with van der Waals surface area (Å²) in [6, 6.07) is 7.82. The van der Waals surface area contributed by atoms with Crippen LogP contribution in [0.4, 0.5) is 5.69 Å². The number of benzene rings is 1. The molecule has 1 atom stereocenters. The third-order valence-electron chi connectivity index (χ3n) is 4.72. The van der Waals surface area contributed by atoms with Gasteiger partial charge in [-0.1, -0.05) is 12.1 Å². The van der Waals surface area contributed by atoms with Crippen LogP contribution in [0.1, 0.15) is 24.8 Å². The number of amides is 1. The zero-order valence-electron chi connectivity index (χ0n) is 13.1. The van der Waals surface area contributed by atoms with Gasteiger partial charge < -0.3 is 9.80 Å². The molecule has 3 rings (SSSR count). The van der Waals surface area contributed by atoms with Crippen molar-refractivity contribution in [1.82, 2.24) is 4.90 Å². The van der Waals surface area contributed by atoms with E-state index < -0.39 is 15.3 Å². The van der Waals surface area contributed by atoms with Crippen LogP contribution in [0.5, 0.6) is 0 Å². The molecule has 1 aromatic carbocycles. The van der Waals surface area contributed by atoms with Gasteiger partial charge in [0.05, 0.1) is 0 Å². The number of carbonyl (C=O) groups excluding carboxylic acids is 1. The van der Waals surface area contributed by atoms with Crippen LogP contribution >= 0.6 is 0 Å². The molecule has 1 aromatic rings. The molecule has 0 bridgehead atoms. The number of rotatable bonds is 5. The first-order valence-electron chi connectivity index (χ1n) is 8.07. The lowest BCUT2D eigenvalue weighted by atomic mass is 10.1. The molecule has 2 heterocycles. The molecule has 7 heteroatoms. The fourth-order valence-corrected chi connectivity index (χ4v) is 4.01. The maximum Gasteiger partial charge on any atom is 0.228 e. The Morgan fingerprint density at radius 1 is 1.13 bits per heavy atom. The first kappa shape index (κ1) is 16.4. The summed E-state index contributed by atoms with van der Waals surface area (Å²) in [7, 11) is -3.67. The second-order valence-corrected chi connectivity index (χ2v) is 8.23. The molecular weight excluding hydrogens is 314 g/mol. The number of carbonyl (C=O) groups is 1. The molecule has 0 aliphatic carbocycles. The quantitative estimate of drug-likeness (QED) is 0.858. The van der Waals surface area contributed by atoms with Crippen LogP contribution in [0.3, 0.4) is 0 Å². The van der Waals surface area contributed by atoms with Crippen LogP contribution in [-0.4, -0.2) is 50.7 Å². The SMILES string of the molecule is NS(=O)(=O)C1CC(=O)N(c2ccc(CCN3CCCC3)cc2)C1. The summed E-state index contributed by atoms with van der Waals surface area (Å²) in [5, 5.41) is 4.35. The second-order valence-electron chi connectivity index (χ2n) is 6.38. The summed E-state index contributed by atoms with van der Waals surface area (Å²) in [6.07, 6.45) is 3.55. The van der Waals surface area contributed by atoms with Gasteiger partial charge in [-0.3, -0.25) is 4.79 Å². The number of nitrogens with zero attached hydrogens (tertiary/aromatic N) is 2. The van der Waals surface area contributed by atoms with Gasteiger partial charge >= 0.3 is 0 Å². The van der Waals surface area contributed by atoms with Crippen molar-refractivity contribution >= 4 is 21.6 Å². The van der Waals surface area contributed by atoms with Crippen molar-refractivity contribution in [2.24, 2.45) is 5.14 Å². The van der Waals surface area contributed by atoms with Gasteiger partial charge in [0.25, 0.3) is 0 Å². The Morgan fingerprint density at radius 2 is 1.78 bits per heavy atom. The van der Waals surface area contributed by atoms with Gasteiger partial charge in [0.1, 0.15) is 5.25 Å². The van der Waals surface area contributed by atoms with Gasteiger partial charge in [0, 0.05) is 25.2 Å². The molecular formula is C16H23N3O3S. The Labute approximate surface area is 137 Å². The predicted octanol–water partition coefficient (Wildman–Crippen LogP) is 0.719. The fraction of sp³-hybridized carbons (Fsp3) is 0.562. The van der Waals surface area contributed by atoms with Crippen molar-refractivity contribution < 1.29 is 13.2 Å². The van der Waals surface area contributed by atoms with Crippen LogP contribution in [0, 0.1) is 0 Å². The zero-order valence-corrected chi connectivity index (χ0v) is 14.0. The monoisotopic (exact) mass is 337 g/mol.